The maximum atomic E-state index is 7.29. The van der Waals surface area contributed by atoms with Gasteiger partial charge in [0, 0.05) is 26.6 Å². The van der Waals surface area contributed by atoms with E-state index in [0.29, 0.717) is 6.42 Å². The minimum atomic E-state index is 0.275. The molecular weight excluding hydrogens is 228 g/mol. The summed E-state index contributed by atoms with van der Waals surface area (Å²) >= 11 is 0. The number of methoxy groups -OCH3 is 1. The lowest BCUT2D eigenvalue weighted by Crippen LogP contribution is -2.33. The molecule has 0 saturated carbocycles. The van der Waals surface area contributed by atoms with Gasteiger partial charge in [-0.1, -0.05) is 0 Å². The molecule has 0 aromatic heterocycles. The van der Waals surface area contributed by atoms with Gasteiger partial charge in [0.25, 0.3) is 0 Å². The lowest BCUT2D eigenvalue weighted by atomic mass is 10.3. The monoisotopic (exact) mass is 256 g/mol. The van der Waals surface area contributed by atoms with Crippen molar-refractivity contribution in [3.8, 4) is 0 Å². The number of nitrogens with zero attached hydrogens (tertiary/aromatic N) is 2. The van der Waals surface area contributed by atoms with Crippen LogP contribution < -0.4 is 5.73 Å². The molecular formula is C13H28N4O. The third kappa shape index (κ3) is 6.93. The first-order valence-corrected chi connectivity index (χ1v) is 6.99. The molecule has 106 valence electrons. The maximum Gasteiger partial charge on any atom is 0.0918 e. The minimum absolute atomic E-state index is 0.275. The number of rotatable bonds is 10. The Labute approximate surface area is 111 Å². The summed E-state index contributed by atoms with van der Waals surface area (Å²) in [6, 6.07) is 0. The second-order valence-electron chi connectivity index (χ2n) is 5.01. The van der Waals surface area contributed by atoms with E-state index in [0.717, 1.165) is 26.2 Å². The summed E-state index contributed by atoms with van der Waals surface area (Å²) < 4.78 is 5.12. The van der Waals surface area contributed by atoms with Gasteiger partial charge in [-0.25, -0.2) is 0 Å². The van der Waals surface area contributed by atoms with Crippen LogP contribution in [0, 0.1) is 5.41 Å². The topological polar surface area (TPSA) is 65.6 Å². The Morgan fingerprint density at radius 2 is 2.00 bits per heavy atom. The Morgan fingerprint density at radius 1 is 1.28 bits per heavy atom. The highest BCUT2D eigenvalue weighted by molar-refractivity contribution is 5.76. The van der Waals surface area contributed by atoms with Gasteiger partial charge in [-0.15, -0.1) is 0 Å². The first kappa shape index (κ1) is 15.4. The predicted molar refractivity (Wildman–Crippen MR) is 75.1 cm³/mol. The van der Waals surface area contributed by atoms with Crippen LogP contribution in [0.25, 0.3) is 0 Å². The number of likely N-dealkylation sites (tertiary alicyclic amines) is 1. The normalized spacial score (nSPS) is 16.6. The van der Waals surface area contributed by atoms with Crippen molar-refractivity contribution < 1.29 is 4.74 Å². The summed E-state index contributed by atoms with van der Waals surface area (Å²) in [5.41, 5.74) is 5.41. The van der Waals surface area contributed by atoms with Crippen LogP contribution in [0.4, 0.5) is 0 Å². The second kappa shape index (κ2) is 9.30. The Bertz CT molecular complexity index is 229. The van der Waals surface area contributed by atoms with Crippen molar-refractivity contribution in [1.82, 2.24) is 9.80 Å². The molecule has 0 atom stereocenters. The van der Waals surface area contributed by atoms with Crippen molar-refractivity contribution >= 4 is 5.84 Å². The summed E-state index contributed by atoms with van der Waals surface area (Å²) in [7, 11) is 1.73. The molecule has 0 aliphatic carbocycles. The van der Waals surface area contributed by atoms with Crippen LogP contribution in [-0.4, -0.2) is 68.6 Å². The van der Waals surface area contributed by atoms with E-state index in [9.17, 15) is 0 Å². The highest BCUT2D eigenvalue weighted by Crippen LogP contribution is 2.07. The molecule has 0 spiro atoms. The maximum absolute atomic E-state index is 7.29. The van der Waals surface area contributed by atoms with Crippen LogP contribution >= 0.6 is 0 Å². The summed E-state index contributed by atoms with van der Waals surface area (Å²) in [5, 5.41) is 7.29. The van der Waals surface area contributed by atoms with Gasteiger partial charge in [0.1, 0.15) is 0 Å². The molecule has 0 aromatic carbocycles. The van der Waals surface area contributed by atoms with Crippen molar-refractivity contribution in [3.63, 3.8) is 0 Å². The minimum Gasteiger partial charge on any atom is -0.388 e. The molecule has 0 radical (unpaired) electrons. The van der Waals surface area contributed by atoms with Crippen LogP contribution in [0.1, 0.15) is 25.7 Å². The van der Waals surface area contributed by atoms with Gasteiger partial charge in [-0.3, -0.25) is 5.41 Å². The molecule has 3 N–H and O–H groups in total. The molecule has 5 nitrogen and oxygen atoms in total. The number of hydrogen-bond donors (Lipinski definition) is 2. The van der Waals surface area contributed by atoms with Crippen LogP contribution in [0.3, 0.4) is 0 Å². The summed E-state index contributed by atoms with van der Waals surface area (Å²) in [6.07, 6.45) is 4.57. The molecule has 5 heteroatoms. The fourth-order valence-corrected chi connectivity index (χ4v) is 2.36. The van der Waals surface area contributed by atoms with Crippen LogP contribution in [0.2, 0.25) is 0 Å². The first-order chi connectivity index (χ1) is 8.72. The number of ether oxygens (including phenoxy) is 1. The van der Waals surface area contributed by atoms with E-state index in [1.165, 1.54) is 38.9 Å². The van der Waals surface area contributed by atoms with Gasteiger partial charge in [-0.05, 0) is 45.4 Å². The molecule has 1 aliphatic rings. The molecule has 0 amide bonds. The van der Waals surface area contributed by atoms with Crippen molar-refractivity contribution in [3.05, 3.63) is 0 Å². The van der Waals surface area contributed by atoms with Crippen molar-refractivity contribution in [2.24, 2.45) is 5.73 Å². The number of nitrogens with two attached hydrogens (primary N) is 1. The summed E-state index contributed by atoms with van der Waals surface area (Å²) in [4.78, 5) is 4.89. The zero-order chi connectivity index (χ0) is 13.2. The van der Waals surface area contributed by atoms with E-state index in [1.54, 1.807) is 7.11 Å². The zero-order valence-corrected chi connectivity index (χ0v) is 11.7. The molecule has 0 bridgehead atoms. The molecule has 0 aromatic rings. The lowest BCUT2D eigenvalue weighted by molar-refractivity contribution is 0.145. The standard InChI is InChI=1S/C13H28N4O/c1-18-12-11-17(10-5-13(14)15)9-4-8-16-6-2-3-7-16/h2-12H2,1H3,(H3,14,15). The molecule has 1 heterocycles. The van der Waals surface area contributed by atoms with E-state index in [-0.39, 0.29) is 5.84 Å². The van der Waals surface area contributed by atoms with Crippen molar-refractivity contribution in [2.75, 3.05) is 53.0 Å². The van der Waals surface area contributed by atoms with Crippen LogP contribution in [-0.2, 0) is 4.74 Å². The molecule has 1 fully saturated rings. The average Bonchev–Trinajstić information content (AvgIpc) is 2.84. The molecule has 0 unspecified atom stereocenters. The Hall–Kier alpha value is -0.650. The van der Waals surface area contributed by atoms with E-state index in [4.69, 9.17) is 15.9 Å². The van der Waals surface area contributed by atoms with Crippen LogP contribution in [0.5, 0.6) is 0 Å². The van der Waals surface area contributed by atoms with E-state index in [2.05, 4.69) is 9.80 Å². The highest BCUT2D eigenvalue weighted by atomic mass is 16.5. The molecule has 1 rings (SSSR count). The van der Waals surface area contributed by atoms with Crippen LogP contribution in [0.15, 0.2) is 0 Å². The van der Waals surface area contributed by atoms with Gasteiger partial charge < -0.3 is 20.3 Å². The van der Waals surface area contributed by atoms with E-state index < -0.39 is 0 Å². The Morgan fingerprint density at radius 3 is 2.61 bits per heavy atom. The van der Waals surface area contributed by atoms with Gasteiger partial charge >= 0.3 is 0 Å². The third-order valence-corrected chi connectivity index (χ3v) is 3.46. The largest absolute Gasteiger partial charge is 0.388 e. The summed E-state index contributed by atoms with van der Waals surface area (Å²) in [5.74, 6) is 0.275. The summed E-state index contributed by atoms with van der Waals surface area (Å²) in [6.45, 7) is 7.37. The van der Waals surface area contributed by atoms with Crippen molar-refractivity contribution in [1.29, 1.82) is 5.41 Å². The highest BCUT2D eigenvalue weighted by Gasteiger charge is 2.11. The van der Waals surface area contributed by atoms with Gasteiger partial charge in [0.15, 0.2) is 0 Å². The predicted octanol–water partition coefficient (Wildman–Crippen LogP) is 0.747. The quantitative estimate of drug-likeness (QED) is 0.447. The van der Waals surface area contributed by atoms with Crippen molar-refractivity contribution in [2.45, 2.75) is 25.7 Å². The molecule has 1 aliphatic heterocycles. The number of nitrogens with one attached hydrogen (secondary N) is 1. The van der Waals surface area contributed by atoms with Gasteiger partial charge in [-0.2, -0.15) is 0 Å². The van der Waals surface area contributed by atoms with Gasteiger partial charge in [0.05, 0.1) is 12.4 Å². The Balaban J connectivity index is 2.14. The first-order valence-electron chi connectivity index (χ1n) is 6.99. The van der Waals surface area contributed by atoms with E-state index >= 15 is 0 Å². The second-order valence-corrected chi connectivity index (χ2v) is 5.01. The van der Waals surface area contributed by atoms with E-state index in [1.807, 2.05) is 0 Å². The Kier molecular flexibility index (Phi) is 7.96. The SMILES string of the molecule is COCCN(CCCN1CCCC1)CCC(=N)N. The number of amidine groups is 1. The fraction of sp³-hybridized carbons (Fsp3) is 0.923. The third-order valence-electron chi connectivity index (χ3n) is 3.46. The lowest BCUT2D eigenvalue weighted by Gasteiger charge is -2.23. The molecule has 1 saturated heterocycles. The smallest absolute Gasteiger partial charge is 0.0918 e. The fourth-order valence-electron chi connectivity index (χ4n) is 2.36. The number of hydrogen-bond acceptors (Lipinski definition) is 4. The van der Waals surface area contributed by atoms with Gasteiger partial charge in [0.2, 0.25) is 0 Å². The zero-order valence-electron chi connectivity index (χ0n) is 11.7. The average molecular weight is 256 g/mol. The molecule has 18 heavy (non-hydrogen) atoms.